The topological polar surface area (TPSA) is 42.0 Å². The molecule has 1 amide bonds. The molecule has 1 saturated carbocycles. The van der Waals surface area contributed by atoms with Crippen molar-refractivity contribution in [3.8, 4) is 0 Å². The van der Waals surface area contributed by atoms with Gasteiger partial charge < -0.3 is 19.3 Å². The minimum Gasteiger partial charge on any atom is -0.383 e. The SMILES string of the molecule is COCC1CC2(CCN(C(=O)C3[C@H]4COC[C@@H]34)CC2)CN1C. The van der Waals surface area contributed by atoms with Crippen molar-refractivity contribution >= 4 is 5.91 Å². The standard InChI is InChI=1S/C17H28N2O3/c1-18-11-17(7-12(18)8-21-2)3-5-19(6-4-17)16(20)15-13-9-22-10-14(13)15/h12-15H,3-11H2,1-2H3/t12?,13-,14+,15?. The minimum atomic E-state index is 0.287. The van der Waals surface area contributed by atoms with E-state index in [2.05, 4.69) is 16.8 Å². The Balaban J connectivity index is 1.32. The summed E-state index contributed by atoms with van der Waals surface area (Å²) in [5.41, 5.74) is 0.414. The maximum atomic E-state index is 12.6. The van der Waals surface area contributed by atoms with Crippen molar-refractivity contribution in [1.29, 1.82) is 0 Å². The number of carbonyl (C=O) groups excluding carboxylic acids is 1. The number of hydrogen-bond acceptors (Lipinski definition) is 4. The lowest BCUT2D eigenvalue weighted by atomic mass is 9.76. The van der Waals surface area contributed by atoms with Gasteiger partial charge in [-0.25, -0.2) is 0 Å². The van der Waals surface area contributed by atoms with Crippen molar-refractivity contribution in [3.05, 3.63) is 0 Å². The fraction of sp³-hybridized carbons (Fsp3) is 0.941. The summed E-state index contributed by atoms with van der Waals surface area (Å²) in [7, 11) is 4.00. The van der Waals surface area contributed by atoms with E-state index in [4.69, 9.17) is 9.47 Å². The summed E-state index contributed by atoms with van der Waals surface area (Å²) in [6.07, 6.45) is 3.53. The second-order valence-electron chi connectivity index (χ2n) is 7.94. The van der Waals surface area contributed by atoms with Crippen molar-refractivity contribution in [2.24, 2.45) is 23.2 Å². The van der Waals surface area contributed by atoms with Crippen LogP contribution < -0.4 is 0 Å². The molecule has 3 aliphatic heterocycles. The molecule has 124 valence electrons. The third kappa shape index (κ3) is 2.38. The van der Waals surface area contributed by atoms with Crippen LogP contribution in [0.2, 0.25) is 0 Å². The average molecular weight is 308 g/mol. The summed E-state index contributed by atoms with van der Waals surface area (Å²) >= 11 is 0. The molecule has 2 unspecified atom stereocenters. The van der Waals surface area contributed by atoms with Gasteiger partial charge in [-0.05, 0) is 43.6 Å². The average Bonchev–Trinajstić information content (AvgIpc) is 2.84. The predicted octanol–water partition coefficient (Wildman–Crippen LogP) is 0.838. The second kappa shape index (κ2) is 5.46. The third-order valence-corrected chi connectivity index (χ3v) is 6.61. The normalized spacial score (nSPS) is 40.2. The first-order chi connectivity index (χ1) is 10.6. The lowest BCUT2D eigenvalue weighted by Crippen LogP contribution is -2.45. The number of nitrogens with zero attached hydrogens (tertiary/aromatic N) is 2. The van der Waals surface area contributed by atoms with Crippen LogP contribution in [-0.2, 0) is 14.3 Å². The van der Waals surface area contributed by atoms with Crippen LogP contribution in [0, 0.1) is 23.2 Å². The summed E-state index contributed by atoms with van der Waals surface area (Å²) in [6.45, 7) is 5.49. The van der Waals surface area contributed by atoms with E-state index >= 15 is 0 Å². The van der Waals surface area contributed by atoms with Gasteiger partial charge in [-0.3, -0.25) is 4.79 Å². The Morgan fingerprint density at radius 3 is 2.59 bits per heavy atom. The van der Waals surface area contributed by atoms with Gasteiger partial charge in [-0.1, -0.05) is 0 Å². The highest BCUT2D eigenvalue weighted by Crippen LogP contribution is 2.52. The first-order valence-corrected chi connectivity index (χ1v) is 8.69. The molecule has 4 aliphatic rings. The number of fused-ring (bicyclic) bond motifs is 1. The molecule has 0 bridgehead atoms. The molecule has 4 atom stereocenters. The first-order valence-electron chi connectivity index (χ1n) is 8.69. The van der Waals surface area contributed by atoms with E-state index in [0.29, 0.717) is 29.2 Å². The molecule has 1 spiro atoms. The van der Waals surface area contributed by atoms with Crippen molar-refractivity contribution < 1.29 is 14.3 Å². The van der Waals surface area contributed by atoms with Gasteiger partial charge >= 0.3 is 0 Å². The van der Waals surface area contributed by atoms with Crippen LogP contribution in [0.4, 0.5) is 0 Å². The van der Waals surface area contributed by atoms with Crippen LogP contribution in [-0.4, -0.2) is 75.4 Å². The quantitative estimate of drug-likeness (QED) is 0.775. The Bertz CT molecular complexity index is 437. The van der Waals surface area contributed by atoms with Gasteiger partial charge in [0.15, 0.2) is 0 Å². The molecule has 3 heterocycles. The molecule has 5 nitrogen and oxygen atoms in total. The Morgan fingerprint density at radius 1 is 1.27 bits per heavy atom. The number of rotatable bonds is 3. The van der Waals surface area contributed by atoms with Gasteiger partial charge in [-0.2, -0.15) is 0 Å². The van der Waals surface area contributed by atoms with E-state index in [1.54, 1.807) is 7.11 Å². The fourth-order valence-electron chi connectivity index (χ4n) is 5.14. The predicted molar refractivity (Wildman–Crippen MR) is 82.4 cm³/mol. The molecule has 4 rings (SSSR count). The Morgan fingerprint density at radius 2 is 1.95 bits per heavy atom. The molecule has 1 aliphatic carbocycles. The van der Waals surface area contributed by atoms with E-state index in [-0.39, 0.29) is 5.92 Å². The van der Waals surface area contributed by atoms with Crippen molar-refractivity contribution in [2.75, 3.05) is 53.6 Å². The highest BCUT2D eigenvalue weighted by Gasteiger charge is 2.59. The molecule has 3 saturated heterocycles. The number of likely N-dealkylation sites (tertiary alicyclic amines) is 2. The molecular formula is C17H28N2O3. The minimum absolute atomic E-state index is 0.287. The number of ether oxygens (including phenoxy) is 2. The van der Waals surface area contributed by atoms with Crippen molar-refractivity contribution in [3.63, 3.8) is 0 Å². The number of hydrogen-bond donors (Lipinski definition) is 0. The number of methoxy groups -OCH3 is 1. The number of carbonyl (C=O) groups is 1. The third-order valence-electron chi connectivity index (χ3n) is 6.61. The molecule has 0 aromatic rings. The van der Waals surface area contributed by atoms with Crippen molar-refractivity contribution in [1.82, 2.24) is 9.80 Å². The zero-order valence-corrected chi connectivity index (χ0v) is 13.8. The molecule has 0 N–H and O–H groups in total. The Hall–Kier alpha value is -0.650. The summed E-state index contributed by atoms with van der Waals surface area (Å²) in [4.78, 5) is 17.2. The van der Waals surface area contributed by atoms with Gasteiger partial charge in [0.25, 0.3) is 0 Å². The summed E-state index contributed by atoms with van der Waals surface area (Å²) in [5, 5.41) is 0. The van der Waals surface area contributed by atoms with Crippen molar-refractivity contribution in [2.45, 2.75) is 25.3 Å². The number of piperidine rings is 1. The lowest BCUT2D eigenvalue weighted by Gasteiger charge is -2.39. The van der Waals surface area contributed by atoms with E-state index in [9.17, 15) is 4.79 Å². The highest BCUT2D eigenvalue weighted by molar-refractivity contribution is 5.82. The zero-order chi connectivity index (χ0) is 15.3. The van der Waals surface area contributed by atoms with Crippen LogP contribution >= 0.6 is 0 Å². The molecule has 0 radical (unpaired) electrons. The fourth-order valence-corrected chi connectivity index (χ4v) is 5.14. The first kappa shape index (κ1) is 14.9. The van der Waals surface area contributed by atoms with Gasteiger partial charge in [0.05, 0.1) is 19.8 Å². The van der Waals surface area contributed by atoms with E-state index < -0.39 is 0 Å². The largest absolute Gasteiger partial charge is 0.383 e. The van der Waals surface area contributed by atoms with Crippen LogP contribution in [0.25, 0.3) is 0 Å². The molecule has 5 heteroatoms. The zero-order valence-electron chi connectivity index (χ0n) is 13.8. The monoisotopic (exact) mass is 308 g/mol. The highest BCUT2D eigenvalue weighted by atomic mass is 16.5. The van der Waals surface area contributed by atoms with E-state index in [1.165, 1.54) is 6.42 Å². The summed E-state index contributed by atoms with van der Waals surface area (Å²) in [5.74, 6) is 1.77. The number of likely N-dealkylation sites (N-methyl/N-ethyl adjacent to an activating group) is 1. The Kier molecular flexibility index (Phi) is 3.70. The lowest BCUT2D eigenvalue weighted by molar-refractivity contribution is -0.136. The van der Waals surface area contributed by atoms with Gasteiger partial charge in [0, 0.05) is 38.7 Å². The maximum Gasteiger partial charge on any atom is 0.226 e. The van der Waals surface area contributed by atoms with E-state index in [0.717, 1.165) is 52.3 Å². The smallest absolute Gasteiger partial charge is 0.226 e. The molecule has 0 aromatic heterocycles. The van der Waals surface area contributed by atoms with Gasteiger partial charge in [0.2, 0.25) is 5.91 Å². The number of amides is 1. The molecule has 0 aromatic carbocycles. The van der Waals surface area contributed by atoms with Crippen LogP contribution in [0.5, 0.6) is 0 Å². The second-order valence-corrected chi connectivity index (χ2v) is 7.94. The van der Waals surface area contributed by atoms with Gasteiger partial charge in [-0.15, -0.1) is 0 Å². The molecule has 4 fully saturated rings. The maximum absolute atomic E-state index is 12.6. The molecule has 22 heavy (non-hydrogen) atoms. The molecular weight excluding hydrogens is 280 g/mol. The van der Waals surface area contributed by atoms with Crippen LogP contribution in [0.1, 0.15) is 19.3 Å². The van der Waals surface area contributed by atoms with Gasteiger partial charge in [0.1, 0.15) is 0 Å². The van der Waals surface area contributed by atoms with Crippen LogP contribution in [0.15, 0.2) is 0 Å². The summed E-state index contributed by atoms with van der Waals surface area (Å²) < 4.78 is 10.8. The summed E-state index contributed by atoms with van der Waals surface area (Å²) in [6, 6.07) is 0.548. The Labute approximate surface area is 132 Å². The van der Waals surface area contributed by atoms with E-state index in [1.807, 2.05) is 0 Å². The van der Waals surface area contributed by atoms with Crippen LogP contribution in [0.3, 0.4) is 0 Å².